The Morgan fingerprint density at radius 2 is 1.88 bits per heavy atom. The number of aryl methyl sites for hydroxylation is 1. The van der Waals surface area contributed by atoms with Crippen LogP contribution >= 0.6 is 0 Å². The van der Waals surface area contributed by atoms with Gasteiger partial charge in [-0.1, -0.05) is 0 Å². The molecule has 3 nitrogen and oxygen atoms in total. The summed E-state index contributed by atoms with van der Waals surface area (Å²) in [6.45, 7) is 2.78. The number of benzene rings is 1. The van der Waals surface area contributed by atoms with Gasteiger partial charge in [0.15, 0.2) is 0 Å². The summed E-state index contributed by atoms with van der Waals surface area (Å²) >= 11 is 0. The van der Waals surface area contributed by atoms with E-state index in [1.807, 2.05) is 13.0 Å². The van der Waals surface area contributed by atoms with E-state index in [1.165, 1.54) is 12.1 Å². The first kappa shape index (κ1) is 18.0. The van der Waals surface area contributed by atoms with Crippen molar-refractivity contribution in [1.82, 2.24) is 9.88 Å². The van der Waals surface area contributed by atoms with E-state index in [9.17, 15) is 13.2 Å². The monoisotopic (exact) mass is 352 g/mol. The summed E-state index contributed by atoms with van der Waals surface area (Å²) in [6.07, 6.45) is 1.24. The molecule has 1 aromatic heterocycles. The quantitative estimate of drug-likeness (QED) is 0.844. The van der Waals surface area contributed by atoms with Gasteiger partial charge in [-0.05, 0) is 49.9 Å². The Kier molecular flexibility index (Phi) is 5.49. The van der Waals surface area contributed by atoms with Gasteiger partial charge in [0.25, 0.3) is 0 Å². The van der Waals surface area contributed by atoms with E-state index in [4.69, 9.17) is 4.74 Å². The molecule has 1 heterocycles. The van der Waals surface area contributed by atoms with Gasteiger partial charge in [0.2, 0.25) is 0 Å². The van der Waals surface area contributed by atoms with E-state index >= 15 is 0 Å². The topological polar surface area (TPSA) is 26.2 Å². The second-order valence-corrected chi connectivity index (χ2v) is 6.64. The number of nitrogens with zero attached hydrogens (tertiary/aromatic N) is 1. The minimum absolute atomic E-state index is 0.167. The molecule has 0 aliphatic heterocycles. The third-order valence-corrected chi connectivity index (χ3v) is 4.71. The molecule has 0 saturated heterocycles. The number of aromatic nitrogens is 1. The summed E-state index contributed by atoms with van der Waals surface area (Å²) in [7, 11) is 1.58. The van der Waals surface area contributed by atoms with Crippen LogP contribution in [0.3, 0.4) is 0 Å². The molecule has 1 aromatic carbocycles. The maximum Gasteiger partial charge on any atom is 0.128 e. The molecule has 3 rings (SSSR count). The Morgan fingerprint density at radius 3 is 2.48 bits per heavy atom. The normalized spacial score (nSPS) is 20.4. The van der Waals surface area contributed by atoms with Gasteiger partial charge < -0.3 is 14.6 Å². The molecule has 2 aromatic rings. The van der Waals surface area contributed by atoms with Crippen molar-refractivity contribution in [2.45, 2.75) is 51.6 Å². The minimum Gasteiger partial charge on any atom is -0.378 e. The van der Waals surface area contributed by atoms with Gasteiger partial charge in [0.05, 0.1) is 18.0 Å². The Balaban J connectivity index is 1.89. The molecule has 136 valence electrons. The summed E-state index contributed by atoms with van der Waals surface area (Å²) in [5, 5.41) is 3.38. The Morgan fingerprint density at radius 1 is 1.16 bits per heavy atom. The standard InChI is InChI=1S/C19H23F3N2O/c1-12-5-13(10-23-17-4-3-14(20)7-17)19(11-25-2)24(12)18-8-15(21)6-16(22)9-18/h5-6,8-9,14,17,23H,3-4,7,10-11H2,1-2H3/t14-,17+/m1/s1. The minimum atomic E-state index is -0.724. The van der Waals surface area contributed by atoms with Crippen molar-refractivity contribution in [2.24, 2.45) is 0 Å². The highest BCUT2D eigenvalue weighted by atomic mass is 19.1. The van der Waals surface area contributed by atoms with Crippen molar-refractivity contribution in [3.8, 4) is 5.69 Å². The fraction of sp³-hybridized carbons (Fsp3) is 0.474. The lowest BCUT2D eigenvalue weighted by atomic mass is 10.2. The predicted octanol–water partition coefficient (Wildman–Crippen LogP) is 4.19. The van der Waals surface area contributed by atoms with Crippen molar-refractivity contribution in [3.63, 3.8) is 0 Å². The Hall–Kier alpha value is -1.79. The highest BCUT2D eigenvalue weighted by molar-refractivity contribution is 5.42. The summed E-state index contributed by atoms with van der Waals surface area (Å²) in [6, 6.07) is 5.61. The van der Waals surface area contributed by atoms with Crippen molar-refractivity contribution in [2.75, 3.05) is 7.11 Å². The van der Waals surface area contributed by atoms with Crippen LogP contribution in [-0.2, 0) is 17.9 Å². The van der Waals surface area contributed by atoms with Crippen LogP contribution in [-0.4, -0.2) is 23.9 Å². The van der Waals surface area contributed by atoms with Gasteiger partial charge in [-0.2, -0.15) is 0 Å². The first-order valence-electron chi connectivity index (χ1n) is 8.51. The van der Waals surface area contributed by atoms with Crippen LogP contribution in [0.25, 0.3) is 5.69 Å². The SMILES string of the molecule is COCc1c(CN[C@H]2CC[C@@H](F)C2)cc(C)n1-c1cc(F)cc(F)c1. The number of rotatable bonds is 6. The average Bonchev–Trinajstić information content (AvgIpc) is 3.08. The Labute approximate surface area is 145 Å². The first-order chi connectivity index (χ1) is 12.0. The number of hydrogen-bond donors (Lipinski definition) is 1. The van der Waals surface area contributed by atoms with E-state index < -0.39 is 17.8 Å². The molecule has 0 radical (unpaired) electrons. The van der Waals surface area contributed by atoms with Crippen LogP contribution in [0.2, 0.25) is 0 Å². The van der Waals surface area contributed by atoms with E-state index in [1.54, 1.807) is 11.7 Å². The molecular formula is C19H23F3N2O. The van der Waals surface area contributed by atoms with Gasteiger partial charge in [0, 0.05) is 31.5 Å². The summed E-state index contributed by atoms with van der Waals surface area (Å²) in [5.74, 6) is -1.24. The number of halogens is 3. The molecule has 2 atom stereocenters. The zero-order chi connectivity index (χ0) is 18.0. The molecule has 1 fully saturated rings. The van der Waals surface area contributed by atoms with Crippen molar-refractivity contribution >= 4 is 0 Å². The zero-order valence-electron chi connectivity index (χ0n) is 14.5. The van der Waals surface area contributed by atoms with Crippen molar-refractivity contribution in [3.05, 3.63) is 52.9 Å². The van der Waals surface area contributed by atoms with Crippen LogP contribution < -0.4 is 5.32 Å². The van der Waals surface area contributed by atoms with Gasteiger partial charge in [-0.25, -0.2) is 13.2 Å². The molecule has 0 spiro atoms. The van der Waals surface area contributed by atoms with E-state index in [2.05, 4.69) is 5.32 Å². The maximum atomic E-state index is 13.6. The lowest BCUT2D eigenvalue weighted by Gasteiger charge is -2.15. The maximum absolute atomic E-state index is 13.6. The molecule has 6 heteroatoms. The first-order valence-corrected chi connectivity index (χ1v) is 8.51. The largest absolute Gasteiger partial charge is 0.378 e. The molecule has 0 bridgehead atoms. The number of nitrogens with one attached hydrogen (secondary N) is 1. The second-order valence-electron chi connectivity index (χ2n) is 6.64. The van der Waals surface area contributed by atoms with Gasteiger partial charge in [-0.15, -0.1) is 0 Å². The van der Waals surface area contributed by atoms with E-state index in [0.717, 1.165) is 29.4 Å². The van der Waals surface area contributed by atoms with Crippen LogP contribution in [0.15, 0.2) is 24.3 Å². The smallest absolute Gasteiger partial charge is 0.128 e. The fourth-order valence-corrected chi connectivity index (χ4v) is 3.60. The van der Waals surface area contributed by atoms with Crippen molar-refractivity contribution in [1.29, 1.82) is 0 Å². The average molecular weight is 352 g/mol. The molecular weight excluding hydrogens is 329 g/mol. The molecule has 1 aliphatic rings. The summed E-state index contributed by atoms with van der Waals surface area (Å²) in [5.41, 5.74) is 3.13. The molecule has 1 saturated carbocycles. The fourth-order valence-electron chi connectivity index (χ4n) is 3.60. The number of ether oxygens (including phenoxy) is 1. The number of alkyl halides is 1. The van der Waals surface area contributed by atoms with Crippen LogP contribution in [0.1, 0.15) is 36.2 Å². The Bertz CT molecular complexity index is 724. The van der Waals surface area contributed by atoms with E-state index in [0.29, 0.717) is 31.7 Å². The number of hydrogen-bond acceptors (Lipinski definition) is 2. The van der Waals surface area contributed by atoms with E-state index in [-0.39, 0.29) is 6.04 Å². The third kappa shape index (κ3) is 4.07. The van der Waals surface area contributed by atoms with Crippen molar-refractivity contribution < 1.29 is 17.9 Å². The number of methoxy groups -OCH3 is 1. The zero-order valence-corrected chi connectivity index (χ0v) is 14.5. The summed E-state index contributed by atoms with van der Waals surface area (Å²) in [4.78, 5) is 0. The van der Waals surface area contributed by atoms with Crippen LogP contribution in [0.5, 0.6) is 0 Å². The molecule has 1 aliphatic carbocycles. The third-order valence-electron chi connectivity index (χ3n) is 4.71. The highest BCUT2D eigenvalue weighted by Gasteiger charge is 2.24. The lowest BCUT2D eigenvalue weighted by molar-refractivity contribution is 0.179. The van der Waals surface area contributed by atoms with Gasteiger partial charge in [-0.3, -0.25) is 0 Å². The molecule has 0 amide bonds. The van der Waals surface area contributed by atoms with Gasteiger partial charge in [0.1, 0.15) is 17.8 Å². The highest BCUT2D eigenvalue weighted by Crippen LogP contribution is 2.26. The van der Waals surface area contributed by atoms with Gasteiger partial charge >= 0.3 is 0 Å². The summed E-state index contributed by atoms with van der Waals surface area (Å²) < 4.78 is 47.7. The van der Waals surface area contributed by atoms with Crippen LogP contribution in [0.4, 0.5) is 13.2 Å². The van der Waals surface area contributed by atoms with Crippen LogP contribution in [0, 0.1) is 18.6 Å². The molecule has 0 unspecified atom stereocenters. The predicted molar refractivity (Wildman–Crippen MR) is 90.5 cm³/mol. The lowest BCUT2D eigenvalue weighted by Crippen LogP contribution is -2.26. The molecule has 1 N–H and O–H groups in total. The second kappa shape index (κ2) is 7.62. The molecule has 25 heavy (non-hydrogen) atoms.